The Morgan fingerprint density at radius 3 is 2.12 bits per heavy atom. The summed E-state index contributed by atoms with van der Waals surface area (Å²) in [6.45, 7) is 5.35. The molecule has 146 valence electrons. The second-order valence-corrected chi connectivity index (χ2v) is 6.98. The average Bonchev–Trinajstić information content (AvgIpc) is 2.51. The smallest absolute Gasteiger partial charge is 0.350 e. The molecule has 8 heteroatoms. The van der Waals surface area contributed by atoms with Gasteiger partial charge >= 0.3 is 7.82 Å². The van der Waals surface area contributed by atoms with Crippen molar-refractivity contribution in [3.05, 3.63) is 0 Å². The summed E-state index contributed by atoms with van der Waals surface area (Å²) in [5.74, 6) is 0. The van der Waals surface area contributed by atoms with Crippen LogP contribution in [0.2, 0.25) is 0 Å². The van der Waals surface area contributed by atoms with Gasteiger partial charge in [-0.2, -0.15) is 0 Å². The van der Waals surface area contributed by atoms with Gasteiger partial charge in [0.25, 0.3) is 0 Å². The van der Waals surface area contributed by atoms with Crippen LogP contribution >= 0.6 is 7.82 Å². The largest absolute Gasteiger partial charge is 0.469 e. The highest BCUT2D eigenvalue weighted by Gasteiger charge is 2.13. The maximum atomic E-state index is 10.5. The number of phosphoric ester groups is 1. The molecule has 0 fully saturated rings. The fourth-order valence-electron chi connectivity index (χ4n) is 2.18. The van der Waals surface area contributed by atoms with E-state index < -0.39 is 7.82 Å². The number of unbranched alkanes of at least 4 members (excludes halogenated alkanes) is 7. The van der Waals surface area contributed by atoms with Crippen molar-refractivity contribution in [3.8, 4) is 0 Å². The molecule has 2 N–H and O–H groups in total. The lowest BCUT2D eigenvalue weighted by Gasteiger charge is -2.16. The van der Waals surface area contributed by atoms with Crippen molar-refractivity contribution in [2.75, 3.05) is 19.8 Å². The highest BCUT2D eigenvalue weighted by atomic mass is 31.2. The molecular weight excluding hydrogens is 335 g/mol. The van der Waals surface area contributed by atoms with E-state index >= 15 is 0 Å². The third-order valence-electron chi connectivity index (χ3n) is 3.45. The van der Waals surface area contributed by atoms with E-state index in [1.54, 1.807) is 0 Å². The first-order chi connectivity index (χ1) is 11.5. The van der Waals surface area contributed by atoms with Crippen LogP contribution in [0.3, 0.4) is 0 Å². The third kappa shape index (κ3) is 18.3. The highest BCUT2D eigenvalue weighted by Crippen LogP contribution is 2.35. The first-order valence-corrected chi connectivity index (χ1v) is 10.6. The van der Waals surface area contributed by atoms with Crippen molar-refractivity contribution in [3.63, 3.8) is 0 Å². The maximum absolute atomic E-state index is 10.5. The average molecular weight is 370 g/mol. The van der Waals surface area contributed by atoms with Crippen LogP contribution in [-0.4, -0.2) is 35.9 Å². The van der Waals surface area contributed by atoms with Crippen molar-refractivity contribution in [2.24, 2.45) is 0 Å². The standard InChI is InChI=1S/C16H35O7P/c1-3-5-6-8-11-14-21-23-16(20-4-2)13-10-7-9-12-15-22-24(17,18)19/h16H,3-15H2,1-2H3,(H2,17,18,19). The molecule has 0 aromatic heterocycles. The van der Waals surface area contributed by atoms with Gasteiger partial charge < -0.3 is 14.5 Å². The topological polar surface area (TPSA) is 94.5 Å². The Morgan fingerprint density at radius 1 is 0.875 bits per heavy atom. The number of hydrogen-bond donors (Lipinski definition) is 2. The molecule has 24 heavy (non-hydrogen) atoms. The second kappa shape index (κ2) is 16.5. The molecule has 0 heterocycles. The molecule has 0 aromatic carbocycles. The molecule has 0 spiro atoms. The predicted molar refractivity (Wildman–Crippen MR) is 92.3 cm³/mol. The SMILES string of the molecule is CCCCCCCOOC(CCCCCCOP(=O)(O)O)OCC. The van der Waals surface area contributed by atoms with E-state index in [1.165, 1.54) is 19.3 Å². The van der Waals surface area contributed by atoms with Gasteiger partial charge in [-0.25, -0.2) is 14.3 Å². The number of rotatable bonds is 18. The van der Waals surface area contributed by atoms with Crippen molar-refractivity contribution >= 4 is 7.82 Å². The quantitative estimate of drug-likeness (QED) is 0.122. The van der Waals surface area contributed by atoms with Gasteiger partial charge in [0.15, 0.2) is 6.29 Å². The molecular formula is C16H35O7P. The lowest BCUT2D eigenvalue weighted by molar-refractivity contribution is -0.379. The summed E-state index contributed by atoms with van der Waals surface area (Å²) >= 11 is 0. The first-order valence-electron chi connectivity index (χ1n) is 9.09. The van der Waals surface area contributed by atoms with E-state index in [1.807, 2.05) is 6.92 Å². The van der Waals surface area contributed by atoms with Gasteiger partial charge in [-0.15, -0.1) is 0 Å². The maximum Gasteiger partial charge on any atom is 0.469 e. The monoisotopic (exact) mass is 370 g/mol. The Balaban J connectivity index is 3.53. The molecule has 0 aliphatic carbocycles. The number of hydrogen-bond acceptors (Lipinski definition) is 5. The van der Waals surface area contributed by atoms with Gasteiger partial charge in [-0.05, 0) is 26.2 Å². The van der Waals surface area contributed by atoms with Gasteiger partial charge in [0.05, 0.1) is 13.2 Å². The minimum atomic E-state index is -4.33. The minimum absolute atomic E-state index is 0.0802. The molecule has 0 aliphatic heterocycles. The molecule has 0 rings (SSSR count). The van der Waals surface area contributed by atoms with Gasteiger partial charge in [0, 0.05) is 13.0 Å². The van der Waals surface area contributed by atoms with Crippen molar-refractivity contribution in [1.82, 2.24) is 0 Å². The molecule has 0 aliphatic rings. The van der Waals surface area contributed by atoms with E-state index in [0.29, 0.717) is 19.6 Å². The summed E-state index contributed by atoms with van der Waals surface area (Å²) in [4.78, 5) is 27.7. The third-order valence-corrected chi connectivity index (χ3v) is 3.97. The van der Waals surface area contributed by atoms with Crippen LogP contribution in [0.25, 0.3) is 0 Å². The second-order valence-electron chi connectivity index (χ2n) is 5.74. The molecule has 7 nitrogen and oxygen atoms in total. The Kier molecular flexibility index (Phi) is 16.5. The van der Waals surface area contributed by atoms with Crippen LogP contribution in [0.1, 0.15) is 78.1 Å². The summed E-state index contributed by atoms with van der Waals surface area (Å²) in [5.41, 5.74) is 0. The van der Waals surface area contributed by atoms with Crippen LogP contribution in [-0.2, 0) is 23.6 Å². The zero-order valence-corrected chi connectivity index (χ0v) is 16.0. The summed E-state index contributed by atoms with van der Waals surface area (Å²) in [5, 5.41) is 0. The Labute approximate surface area is 146 Å². The molecule has 0 saturated heterocycles. The fraction of sp³-hybridized carbons (Fsp3) is 1.00. The molecule has 1 unspecified atom stereocenters. The molecule has 1 atom stereocenters. The van der Waals surface area contributed by atoms with E-state index in [9.17, 15) is 4.57 Å². The van der Waals surface area contributed by atoms with E-state index in [-0.39, 0.29) is 12.9 Å². The van der Waals surface area contributed by atoms with Crippen LogP contribution in [0.15, 0.2) is 0 Å². The molecule has 0 radical (unpaired) electrons. The predicted octanol–water partition coefficient (Wildman–Crippen LogP) is 4.33. The number of phosphoric acid groups is 1. The van der Waals surface area contributed by atoms with Crippen LogP contribution < -0.4 is 0 Å². The van der Waals surface area contributed by atoms with Crippen LogP contribution in [0.4, 0.5) is 0 Å². The zero-order valence-electron chi connectivity index (χ0n) is 15.2. The van der Waals surface area contributed by atoms with Gasteiger partial charge in [0.2, 0.25) is 0 Å². The highest BCUT2D eigenvalue weighted by molar-refractivity contribution is 7.46. The van der Waals surface area contributed by atoms with Gasteiger partial charge in [-0.3, -0.25) is 4.52 Å². The lowest BCUT2D eigenvalue weighted by Crippen LogP contribution is -2.18. The first kappa shape index (κ1) is 24.0. The Morgan fingerprint density at radius 2 is 1.50 bits per heavy atom. The van der Waals surface area contributed by atoms with Crippen molar-refractivity contribution in [2.45, 2.75) is 84.3 Å². The van der Waals surface area contributed by atoms with E-state index in [0.717, 1.165) is 38.5 Å². The van der Waals surface area contributed by atoms with E-state index in [2.05, 4.69) is 11.4 Å². The fourth-order valence-corrected chi connectivity index (χ4v) is 2.55. The summed E-state index contributed by atoms with van der Waals surface area (Å²) in [6, 6.07) is 0. The molecule has 0 amide bonds. The van der Waals surface area contributed by atoms with Gasteiger partial charge in [-0.1, -0.05) is 45.4 Å². The number of ether oxygens (including phenoxy) is 1. The Bertz CT molecular complexity index is 309. The minimum Gasteiger partial charge on any atom is -0.350 e. The Hall–Kier alpha value is -0.0100. The van der Waals surface area contributed by atoms with Crippen LogP contribution in [0, 0.1) is 0 Å². The molecule has 0 bridgehead atoms. The summed E-state index contributed by atoms with van der Waals surface area (Å²) < 4.78 is 20.4. The van der Waals surface area contributed by atoms with Gasteiger partial charge in [0.1, 0.15) is 0 Å². The van der Waals surface area contributed by atoms with Crippen molar-refractivity contribution < 1.29 is 33.4 Å². The zero-order chi connectivity index (χ0) is 18.1. The molecule has 0 saturated carbocycles. The normalized spacial score (nSPS) is 13.3. The van der Waals surface area contributed by atoms with Crippen molar-refractivity contribution in [1.29, 1.82) is 0 Å². The molecule has 0 aromatic rings. The summed E-state index contributed by atoms with van der Waals surface area (Å²) in [6.07, 6.45) is 9.58. The lowest BCUT2D eigenvalue weighted by atomic mass is 10.1. The summed E-state index contributed by atoms with van der Waals surface area (Å²) in [7, 11) is -4.33. The van der Waals surface area contributed by atoms with E-state index in [4.69, 9.17) is 24.3 Å². The van der Waals surface area contributed by atoms with Crippen LogP contribution in [0.5, 0.6) is 0 Å².